The molecule has 1 heterocycles. The maximum absolute atomic E-state index is 10.9. The summed E-state index contributed by atoms with van der Waals surface area (Å²) in [6.45, 7) is 1.16. The number of nitrogens with one attached hydrogen (secondary N) is 1. The van der Waals surface area contributed by atoms with Gasteiger partial charge in [0.05, 0.1) is 30.0 Å². The third-order valence-corrected chi connectivity index (χ3v) is 2.76. The molecule has 0 bridgehead atoms. The van der Waals surface area contributed by atoms with E-state index in [1.165, 1.54) is 12.1 Å². The number of anilines is 2. The van der Waals surface area contributed by atoms with Crippen LogP contribution in [-0.2, 0) is 11.3 Å². The molecule has 1 aromatic carbocycles. The Labute approximate surface area is 120 Å². The SMILES string of the molecule is COCCn1cc(Nc2ccc(C#N)c([N+](=O)[O-])c2)cn1. The average Bonchev–Trinajstić information content (AvgIpc) is 2.92. The highest BCUT2D eigenvalue weighted by atomic mass is 16.6. The van der Waals surface area contributed by atoms with Gasteiger partial charge in [0.2, 0.25) is 0 Å². The number of nitriles is 1. The lowest BCUT2D eigenvalue weighted by atomic mass is 10.2. The van der Waals surface area contributed by atoms with Crippen LogP contribution >= 0.6 is 0 Å². The topological polar surface area (TPSA) is 106 Å². The summed E-state index contributed by atoms with van der Waals surface area (Å²) in [5.41, 5.74) is 1.02. The summed E-state index contributed by atoms with van der Waals surface area (Å²) in [6.07, 6.45) is 3.38. The molecule has 0 aliphatic heterocycles. The molecule has 0 radical (unpaired) electrons. The summed E-state index contributed by atoms with van der Waals surface area (Å²) in [5, 5.41) is 26.9. The molecule has 0 amide bonds. The van der Waals surface area contributed by atoms with E-state index in [9.17, 15) is 10.1 Å². The van der Waals surface area contributed by atoms with Crippen molar-refractivity contribution in [2.24, 2.45) is 0 Å². The van der Waals surface area contributed by atoms with Crippen LogP contribution in [0.15, 0.2) is 30.6 Å². The number of aromatic nitrogens is 2. The third-order valence-electron chi connectivity index (χ3n) is 2.76. The zero-order valence-electron chi connectivity index (χ0n) is 11.3. The van der Waals surface area contributed by atoms with Crippen molar-refractivity contribution in [1.29, 1.82) is 5.26 Å². The van der Waals surface area contributed by atoms with E-state index in [2.05, 4.69) is 10.4 Å². The summed E-state index contributed by atoms with van der Waals surface area (Å²) in [6, 6.07) is 6.14. The molecule has 1 aromatic heterocycles. The van der Waals surface area contributed by atoms with E-state index < -0.39 is 4.92 Å². The molecule has 0 aliphatic rings. The van der Waals surface area contributed by atoms with Gasteiger partial charge in [0.15, 0.2) is 0 Å². The molecule has 8 nitrogen and oxygen atoms in total. The highest BCUT2D eigenvalue weighted by Crippen LogP contribution is 2.24. The van der Waals surface area contributed by atoms with E-state index in [1.807, 2.05) is 0 Å². The van der Waals surface area contributed by atoms with Gasteiger partial charge in [-0.1, -0.05) is 0 Å². The van der Waals surface area contributed by atoms with Gasteiger partial charge in [-0.3, -0.25) is 14.8 Å². The number of hydrogen-bond acceptors (Lipinski definition) is 6. The number of rotatable bonds is 6. The lowest BCUT2D eigenvalue weighted by molar-refractivity contribution is -0.385. The molecule has 0 spiro atoms. The summed E-state index contributed by atoms with van der Waals surface area (Å²) in [4.78, 5) is 10.3. The minimum atomic E-state index is -0.578. The zero-order chi connectivity index (χ0) is 15.2. The van der Waals surface area contributed by atoms with Gasteiger partial charge in [-0.2, -0.15) is 10.4 Å². The molecule has 1 N–H and O–H groups in total. The number of benzene rings is 1. The summed E-state index contributed by atoms with van der Waals surface area (Å²) < 4.78 is 6.65. The van der Waals surface area contributed by atoms with E-state index in [-0.39, 0.29) is 11.3 Å². The van der Waals surface area contributed by atoms with Crippen molar-refractivity contribution in [3.63, 3.8) is 0 Å². The van der Waals surface area contributed by atoms with Crippen molar-refractivity contribution in [3.05, 3.63) is 46.3 Å². The first-order valence-electron chi connectivity index (χ1n) is 6.11. The molecule has 0 fully saturated rings. The van der Waals surface area contributed by atoms with E-state index in [0.29, 0.717) is 24.5 Å². The Kier molecular flexibility index (Phi) is 4.48. The first kappa shape index (κ1) is 14.5. The van der Waals surface area contributed by atoms with Crippen LogP contribution in [0.2, 0.25) is 0 Å². The molecule has 8 heteroatoms. The third kappa shape index (κ3) is 3.55. The molecule has 108 valence electrons. The van der Waals surface area contributed by atoms with Gasteiger partial charge in [0, 0.05) is 25.1 Å². The molecule has 0 aliphatic carbocycles. The lowest BCUT2D eigenvalue weighted by Gasteiger charge is -2.04. The second-order valence-electron chi connectivity index (χ2n) is 4.21. The molecule has 0 saturated heterocycles. The largest absolute Gasteiger partial charge is 0.383 e. The smallest absolute Gasteiger partial charge is 0.289 e. The molecule has 0 saturated carbocycles. The number of hydrogen-bond donors (Lipinski definition) is 1. The van der Waals surface area contributed by atoms with Crippen molar-refractivity contribution in [2.75, 3.05) is 19.0 Å². The van der Waals surface area contributed by atoms with Crippen molar-refractivity contribution < 1.29 is 9.66 Å². The maximum atomic E-state index is 10.9. The summed E-state index contributed by atoms with van der Waals surface area (Å²) >= 11 is 0. The van der Waals surface area contributed by atoms with Gasteiger partial charge in [0.1, 0.15) is 11.6 Å². The van der Waals surface area contributed by atoms with Crippen molar-refractivity contribution >= 4 is 17.1 Å². The molecule has 2 rings (SSSR count). The quantitative estimate of drug-likeness (QED) is 0.643. The highest BCUT2D eigenvalue weighted by Gasteiger charge is 2.14. The van der Waals surface area contributed by atoms with Crippen molar-refractivity contribution in [1.82, 2.24) is 9.78 Å². The minimum Gasteiger partial charge on any atom is -0.383 e. The predicted molar refractivity (Wildman–Crippen MR) is 75.2 cm³/mol. The Balaban J connectivity index is 2.16. The Morgan fingerprint density at radius 1 is 1.52 bits per heavy atom. The van der Waals surface area contributed by atoms with Crippen LogP contribution in [0.3, 0.4) is 0 Å². The Bertz CT molecular complexity index is 689. The van der Waals surface area contributed by atoms with Crippen LogP contribution in [-0.4, -0.2) is 28.4 Å². The number of nitro benzene ring substituents is 1. The van der Waals surface area contributed by atoms with E-state index in [1.54, 1.807) is 36.3 Å². The summed E-state index contributed by atoms with van der Waals surface area (Å²) in [5.74, 6) is 0. The second kappa shape index (κ2) is 6.49. The van der Waals surface area contributed by atoms with E-state index in [4.69, 9.17) is 10.00 Å². The summed E-state index contributed by atoms with van der Waals surface area (Å²) in [7, 11) is 1.61. The van der Waals surface area contributed by atoms with Gasteiger partial charge >= 0.3 is 0 Å². The molecule has 2 aromatic rings. The van der Waals surface area contributed by atoms with Crippen LogP contribution < -0.4 is 5.32 Å². The maximum Gasteiger partial charge on any atom is 0.289 e. The fraction of sp³-hybridized carbons (Fsp3) is 0.231. The Morgan fingerprint density at radius 3 is 3.00 bits per heavy atom. The first-order chi connectivity index (χ1) is 10.1. The predicted octanol–water partition coefficient (Wildman–Crippen LogP) is 2.05. The molecular formula is C13H13N5O3. The molecule has 21 heavy (non-hydrogen) atoms. The van der Waals surface area contributed by atoms with Gasteiger partial charge in [0.25, 0.3) is 5.69 Å². The van der Waals surface area contributed by atoms with Gasteiger partial charge < -0.3 is 10.1 Å². The number of ether oxygens (including phenoxy) is 1. The molecular weight excluding hydrogens is 274 g/mol. The van der Waals surface area contributed by atoms with Crippen molar-refractivity contribution in [2.45, 2.75) is 6.54 Å². The first-order valence-corrected chi connectivity index (χ1v) is 6.11. The lowest BCUT2D eigenvalue weighted by Crippen LogP contribution is -2.03. The van der Waals surface area contributed by atoms with Gasteiger partial charge in [-0.25, -0.2) is 0 Å². The van der Waals surface area contributed by atoms with Crippen LogP contribution in [0.4, 0.5) is 17.1 Å². The van der Waals surface area contributed by atoms with Crippen LogP contribution in [0.25, 0.3) is 0 Å². The van der Waals surface area contributed by atoms with Gasteiger partial charge in [-0.15, -0.1) is 0 Å². The van der Waals surface area contributed by atoms with Crippen LogP contribution in [0.5, 0.6) is 0 Å². The molecule has 0 atom stereocenters. The fourth-order valence-corrected chi connectivity index (χ4v) is 1.76. The highest BCUT2D eigenvalue weighted by molar-refractivity contribution is 5.64. The second-order valence-corrected chi connectivity index (χ2v) is 4.21. The van der Waals surface area contributed by atoms with E-state index in [0.717, 1.165) is 0 Å². The average molecular weight is 287 g/mol. The Morgan fingerprint density at radius 2 is 2.33 bits per heavy atom. The monoisotopic (exact) mass is 287 g/mol. The fourth-order valence-electron chi connectivity index (χ4n) is 1.76. The van der Waals surface area contributed by atoms with Crippen LogP contribution in [0.1, 0.15) is 5.56 Å². The Hall–Kier alpha value is -2.92. The van der Waals surface area contributed by atoms with Gasteiger partial charge in [-0.05, 0) is 12.1 Å². The zero-order valence-corrected chi connectivity index (χ0v) is 11.3. The number of nitrogens with zero attached hydrogens (tertiary/aromatic N) is 4. The molecule has 0 unspecified atom stereocenters. The van der Waals surface area contributed by atoms with E-state index >= 15 is 0 Å². The number of methoxy groups -OCH3 is 1. The number of nitro groups is 1. The normalized spacial score (nSPS) is 10.1. The van der Waals surface area contributed by atoms with Crippen LogP contribution in [0, 0.1) is 21.4 Å². The van der Waals surface area contributed by atoms with Crippen molar-refractivity contribution in [3.8, 4) is 6.07 Å². The minimum absolute atomic E-state index is 0.0290. The standard InChI is InChI=1S/C13H13N5O3/c1-21-5-4-17-9-12(8-15-17)16-11-3-2-10(7-14)13(6-11)18(19)20/h2-3,6,8-9,16H,4-5H2,1H3.